The molecule has 1 aliphatic rings. The number of amides is 1. The molecule has 0 fully saturated rings. The number of hydrogen-bond acceptors (Lipinski definition) is 4. The molecule has 0 saturated heterocycles. The quantitative estimate of drug-likeness (QED) is 0.884. The van der Waals surface area contributed by atoms with Gasteiger partial charge >= 0.3 is 0 Å². The van der Waals surface area contributed by atoms with Gasteiger partial charge < -0.3 is 10.3 Å². The highest BCUT2D eigenvalue weighted by Gasteiger charge is 2.19. The van der Waals surface area contributed by atoms with E-state index in [0.29, 0.717) is 0 Å². The smallest absolute Gasteiger partial charge is 0.254 e. The van der Waals surface area contributed by atoms with Crippen LogP contribution < -0.4 is 10.9 Å². The van der Waals surface area contributed by atoms with E-state index in [-0.39, 0.29) is 17.4 Å². The number of nitrogens with one attached hydrogen (secondary N) is 2. The minimum atomic E-state index is -0.0680. The molecule has 1 aromatic carbocycles. The van der Waals surface area contributed by atoms with E-state index < -0.39 is 0 Å². The van der Waals surface area contributed by atoms with Crippen molar-refractivity contribution >= 4 is 11.6 Å². The zero-order valence-corrected chi connectivity index (χ0v) is 15.6. The average Bonchev–Trinajstić information content (AvgIpc) is 2.79. The summed E-state index contributed by atoms with van der Waals surface area (Å²) in [5.41, 5.74) is 3.79. The van der Waals surface area contributed by atoms with Crippen LogP contribution in [0.3, 0.4) is 0 Å². The number of benzene rings is 1. The van der Waals surface area contributed by atoms with Gasteiger partial charge in [-0.1, -0.05) is 26.0 Å². The van der Waals surface area contributed by atoms with Gasteiger partial charge in [0.25, 0.3) is 5.56 Å². The second kappa shape index (κ2) is 7.83. The van der Waals surface area contributed by atoms with Crippen molar-refractivity contribution in [2.24, 2.45) is 0 Å². The van der Waals surface area contributed by atoms with Crippen LogP contribution in [0.25, 0.3) is 0 Å². The van der Waals surface area contributed by atoms with E-state index in [9.17, 15) is 9.59 Å². The van der Waals surface area contributed by atoms with E-state index in [4.69, 9.17) is 4.98 Å². The van der Waals surface area contributed by atoms with Gasteiger partial charge in [0, 0.05) is 50.1 Å². The Morgan fingerprint density at radius 1 is 1.23 bits per heavy atom. The summed E-state index contributed by atoms with van der Waals surface area (Å²) in [4.78, 5) is 33.5. The van der Waals surface area contributed by atoms with Gasteiger partial charge in [0.05, 0.1) is 5.69 Å². The van der Waals surface area contributed by atoms with Crippen molar-refractivity contribution < 1.29 is 4.79 Å². The number of carbonyl (C=O) groups excluding carboxylic acids is 1. The maximum absolute atomic E-state index is 12.4. The maximum Gasteiger partial charge on any atom is 0.254 e. The Hall–Kier alpha value is -2.47. The lowest BCUT2D eigenvalue weighted by Gasteiger charge is -2.19. The van der Waals surface area contributed by atoms with Crippen molar-refractivity contribution in [3.8, 4) is 0 Å². The molecular formula is C20H26N4O2. The fourth-order valence-electron chi connectivity index (χ4n) is 3.26. The summed E-state index contributed by atoms with van der Waals surface area (Å²) in [6, 6.07) is 7.91. The number of hydrogen-bond donors (Lipinski definition) is 2. The first-order chi connectivity index (χ1) is 12.4. The molecule has 138 valence electrons. The van der Waals surface area contributed by atoms with E-state index in [1.165, 1.54) is 12.5 Å². The summed E-state index contributed by atoms with van der Waals surface area (Å²) in [6.07, 6.45) is 1.52. The van der Waals surface area contributed by atoms with Crippen molar-refractivity contribution in [2.75, 3.05) is 18.4 Å². The lowest BCUT2D eigenvalue weighted by Crippen LogP contribution is -2.26. The minimum Gasteiger partial charge on any atom is -0.326 e. The number of fused-ring (bicyclic) bond motifs is 1. The molecule has 0 bridgehead atoms. The molecule has 1 aliphatic heterocycles. The monoisotopic (exact) mass is 354 g/mol. The lowest BCUT2D eigenvalue weighted by atomic mass is 10.1. The first-order valence-corrected chi connectivity index (χ1v) is 9.13. The lowest BCUT2D eigenvalue weighted by molar-refractivity contribution is -0.114. The molecule has 0 unspecified atom stereocenters. The molecular weight excluding hydrogens is 328 g/mol. The number of anilines is 1. The zero-order chi connectivity index (χ0) is 18.7. The van der Waals surface area contributed by atoms with Gasteiger partial charge in [0.1, 0.15) is 5.82 Å². The first kappa shape index (κ1) is 18.3. The van der Waals surface area contributed by atoms with Gasteiger partial charge in [-0.3, -0.25) is 14.5 Å². The van der Waals surface area contributed by atoms with Crippen LogP contribution in [0.1, 0.15) is 49.3 Å². The maximum atomic E-state index is 12.4. The predicted molar refractivity (Wildman–Crippen MR) is 102 cm³/mol. The van der Waals surface area contributed by atoms with Crippen LogP contribution in [0.5, 0.6) is 0 Å². The Bertz CT molecular complexity index is 840. The fraction of sp³-hybridized carbons (Fsp3) is 0.450. The topological polar surface area (TPSA) is 78.1 Å². The zero-order valence-electron chi connectivity index (χ0n) is 15.6. The summed E-state index contributed by atoms with van der Waals surface area (Å²) in [5.74, 6) is 0.923. The second-order valence-electron chi connectivity index (χ2n) is 7.19. The predicted octanol–water partition coefficient (Wildman–Crippen LogP) is 2.45. The number of aromatic amines is 1. The van der Waals surface area contributed by atoms with Crippen LogP contribution in [0.2, 0.25) is 0 Å². The van der Waals surface area contributed by atoms with Gasteiger partial charge in [0.15, 0.2) is 0 Å². The normalized spacial score (nSPS) is 14.8. The number of carbonyl (C=O) groups is 1. The molecule has 0 spiro atoms. The molecule has 6 heteroatoms. The molecule has 1 aromatic heterocycles. The summed E-state index contributed by atoms with van der Waals surface area (Å²) < 4.78 is 0. The van der Waals surface area contributed by atoms with E-state index in [1.807, 2.05) is 38.1 Å². The van der Waals surface area contributed by atoms with E-state index in [0.717, 1.165) is 55.2 Å². The molecule has 2 N–H and O–H groups in total. The van der Waals surface area contributed by atoms with E-state index in [2.05, 4.69) is 15.2 Å². The van der Waals surface area contributed by atoms with Gasteiger partial charge in [-0.2, -0.15) is 0 Å². The van der Waals surface area contributed by atoms with Crippen LogP contribution >= 0.6 is 0 Å². The van der Waals surface area contributed by atoms with Crippen molar-refractivity contribution in [1.29, 1.82) is 0 Å². The second-order valence-corrected chi connectivity index (χ2v) is 7.19. The standard InChI is InChI=1S/C20H26N4O2/c1-13(2)19-22-18-9-11-24(10-8-17(18)20(26)23-19)12-15-4-6-16(7-5-15)21-14(3)25/h4-7,13H,8-12H2,1-3H3,(H,21,25)(H,22,23,26). The van der Waals surface area contributed by atoms with Crippen molar-refractivity contribution in [3.63, 3.8) is 0 Å². The number of rotatable bonds is 4. The number of nitrogens with zero attached hydrogens (tertiary/aromatic N) is 2. The molecule has 0 saturated carbocycles. The third-order valence-electron chi connectivity index (χ3n) is 4.69. The Kier molecular flexibility index (Phi) is 5.52. The largest absolute Gasteiger partial charge is 0.326 e. The molecule has 0 radical (unpaired) electrons. The highest BCUT2D eigenvalue weighted by atomic mass is 16.1. The molecule has 1 amide bonds. The number of aromatic nitrogens is 2. The SMILES string of the molecule is CC(=O)Nc1ccc(CN2CCc3nc(C(C)C)[nH]c(=O)c3CC2)cc1. The molecule has 2 aromatic rings. The van der Waals surface area contributed by atoms with Crippen molar-refractivity contribution in [3.05, 3.63) is 57.3 Å². The van der Waals surface area contributed by atoms with Crippen LogP contribution in [0.4, 0.5) is 5.69 Å². The summed E-state index contributed by atoms with van der Waals surface area (Å²) in [7, 11) is 0. The van der Waals surface area contributed by atoms with Crippen LogP contribution in [-0.2, 0) is 24.2 Å². The highest BCUT2D eigenvalue weighted by molar-refractivity contribution is 5.88. The molecule has 2 heterocycles. The molecule has 26 heavy (non-hydrogen) atoms. The fourth-order valence-corrected chi connectivity index (χ4v) is 3.26. The summed E-state index contributed by atoms with van der Waals surface area (Å²) in [6.45, 7) is 8.13. The molecule has 3 rings (SSSR count). The van der Waals surface area contributed by atoms with E-state index in [1.54, 1.807) is 0 Å². The molecule has 0 aliphatic carbocycles. The Balaban J connectivity index is 1.68. The first-order valence-electron chi connectivity index (χ1n) is 9.13. The van der Waals surface area contributed by atoms with Gasteiger partial charge in [-0.25, -0.2) is 4.98 Å². The molecule has 0 atom stereocenters. The molecule has 6 nitrogen and oxygen atoms in total. The average molecular weight is 354 g/mol. The third-order valence-corrected chi connectivity index (χ3v) is 4.69. The van der Waals surface area contributed by atoms with Crippen LogP contribution in [-0.4, -0.2) is 33.9 Å². The van der Waals surface area contributed by atoms with Gasteiger partial charge in [-0.05, 0) is 24.1 Å². The Morgan fingerprint density at radius 3 is 2.58 bits per heavy atom. The van der Waals surface area contributed by atoms with Crippen LogP contribution in [0.15, 0.2) is 29.1 Å². The summed E-state index contributed by atoms with van der Waals surface area (Å²) >= 11 is 0. The van der Waals surface area contributed by atoms with Gasteiger partial charge in [0.2, 0.25) is 5.91 Å². The van der Waals surface area contributed by atoms with Crippen molar-refractivity contribution in [2.45, 2.75) is 46.1 Å². The minimum absolute atomic E-state index is 0.0141. The van der Waals surface area contributed by atoms with Crippen LogP contribution in [0, 0.1) is 0 Å². The Morgan fingerprint density at radius 2 is 1.92 bits per heavy atom. The summed E-state index contributed by atoms with van der Waals surface area (Å²) in [5, 5.41) is 2.78. The van der Waals surface area contributed by atoms with Gasteiger partial charge in [-0.15, -0.1) is 0 Å². The Labute approximate surface area is 153 Å². The van der Waals surface area contributed by atoms with E-state index >= 15 is 0 Å². The van der Waals surface area contributed by atoms with Crippen molar-refractivity contribution in [1.82, 2.24) is 14.9 Å². The highest BCUT2D eigenvalue weighted by Crippen LogP contribution is 2.17. The number of H-pyrrole nitrogens is 1. The third kappa shape index (κ3) is 4.38.